The van der Waals surface area contributed by atoms with E-state index >= 15 is 19.2 Å². The molecule has 0 radical (unpaired) electrons. The Labute approximate surface area is 532 Å². The van der Waals surface area contributed by atoms with Crippen LogP contribution in [-0.4, -0.2) is 234 Å². The van der Waals surface area contributed by atoms with Crippen molar-refractivity contribution in [3.8, 4) is 0 Å². The van der Waals surface area contributed by atoms with Crippen molar-refractivity contribution in [2.45, 2.75) is 223 Å². The Kier molecular flexibility index (Phi) is 34.1. The summed E-state index contributed by atoms with van der Waals surface area (Å²) in [5, 5.41) is 11.2. The molecule has 11 amide bonds. The van der Waals surface area contributed by atoms with Crippen LogP contribution in [0.1, 0.15) is 156 Å². The zero-order chi connectivity index (χ0) is 68.1. The third-order valence-corrected chi connectivity index (χ3v) is 16.8. The minimum absolute atomic E-state index is 0.0648. The van der Waals surface area contributed by atoms with E-state index in [1.165, 1.54) is 104 Å². The van der Waals surface area contributed by atoms with Crippen LogP contribution in [0.5, 0.6) is 0 Å². The minimum atomic E-state index is -1.38. The van der Waals surface area contributed by atoms with E-state index in [1.54, 1.807) is 34.6 Å². The molecule has 0 saturated carbocycles. The second kappa shape index (κ2) is 37.4. The average molecular weight is 1260 g/mol. The molecule has 1 fully saturated rings. The van der Waals surface area contributed by atoms with Crippen molar-refractivity contribution in [2.75, 3.05) is 68.1 Å². The van der Waals surface area contributed by atoms with Crippen LogP contribution in [0.3, 0.4) is 0 Å². The van der Waals surface area contributed by atoms with E-state index in [2.05, 4.69) is 21.3 Å². The molecule has 0 aromatic carbocycles. The van der Waals surface area contributed by atoms with Crippen LogP contribution < -0.4 is 21.3 Å². The summed E-state index contributed by atoms with van der Waals surface area (Å²) in [6.45, 7) is 29.9. The Morgan fingerprint density at radius 1 is 0.489 bits per heavy atom. The maximum absolute atomic E-state index is 15.5. The fraction of sp³-hybridized carbons (Fsp3) is 0.797. The van der Waals surface area contributed by atoms with Crippen molar-refractivity contribution in [3.63, 3.8) is 0 Å². The summed E-state index contributed by atoms with van der Waals surface area (Å²) in [5.41, 5.74) is 0. The molecule has 1 saturated heterocycles. The van der Waals surface area contributed by atoms with Crippen molar-refractivity contribution in [1.29, 1.82) is 0 Å². The molecular weight excluding hydrogens is 1150 g/mol. The van der Waals surface area contributed by atoms with Crippen LogP contribution in [-0.2, 0) is 57.5 Å². The van der Waals surface area contributed by atoms with E-state index in [4.69, 9.17) is 4.74 Å². The number of carbonyl (C=O) groups is 11. The van der Waals surface area contributed by atoms with Crippen molar-refractivity contribution >= 4 is 76.7 Å². The lowest BCUT2D eigenvalue weighted by Gasteiger charge is -2.42. The summed E-state index contributed by atoms with van der Waals surface area (Å²) in [5.74, 6) is -8.84. The molecule has 0 bridgehead atoms. The van der Waals surface area contributed by atoms with E-state index in [0.717, 1.165) is 4.90 Å². The first-order valence-electron chi connectivity index (χ1n) is 31.5. The van der Waals surface area contributed by atoms with Gasteiger partial charge in [0.25, 0.3) is 0 Å². The number of hydrogen-bond donors (Lipinski definition) is 4. The number of nitrogens with zero attached hydrogens (tertiary/aromatic N) is 7. The fourth-order valence-electron chi connectivity index (χ4n) is 11.1. The first-order valence-corrected chi connectivity index (χ1v) is 32.9. The molecule has 4 N–H and O–H groups in total. The molecule has 1 unspecified atom stereocenters. The summed E-state index contributed by atoms with van der Waals surface area (Å²) in [6.07, 6.45) is 5.85. The fourth-order valence-corrected chi connectivity index (χ4v) is 11.4. The van der Waals surface area contributed by atoms with Crippen LogP contribution in [0.25, 0.3) is 0 Å². The molecule has 1 rings (SSSR count). The molecule has 1 aliphatic heterocycles. The van der Waals surface area contributed by atoms with Gasteiger partial charge >= 0.3 is 0 Å². The van der Waals surface area contributed by atoms with Gasteiger partial charge in [0, 0.05) is 49.3 Å². The van der Waals surface area contributed by atoms with Crippen LogP contribution >= 0.6 is 11.8 Å². The van der Waals surface area contributed by atoms with Crippen LogP contribution in [0.15, 0.2) is 12.2 Å². The molecule has 504 valence electrons. The lowest BCUT2D eigenvalue weighted by atomic mass is 9.91. The number of hydrogen-bond acceptors (Lipinski definition) is 13. The zero-order valence-corrected chi connectivity index (χ0v) is 59.0. The zero-order valence-electron chi connectivity index (χ0n) is 58.1. The predicted octanol–water partition coefficient (Wildman–Crippen LogP) is 4.61. The standard InChI is InChI=1S/C64H115N11O12S/c1-26-28-29-42(15)54(87-35-88-25)53-58(80)67-45(27-2)60(82)69(18)34-50(76)70(19)46(30-36(3)4)57(79)68-51(40(11)12)63(85)71(20)47(31-37(5)6)56(78)65-43(16)55(77)66-44(17)59(81)72(21)48(32-38(7)8)61(83)73(22)49(33-39(9)10)62(84)74(23)52(41(13)14)64(86)75(53)24/h26,28,36-49,51-54H,27,29-35H2,1-25H3,(H,65,78)(H,66,77)(H,67,80)(H,68,79)/b28-26+/t42-,43+,44-,45+,46+,47+,48+,49+,51+,52+,53+,54?/m1/s1. The van der Waals surface area contributed by atoms with Gasteiger partial charge in [-0.2, -0.15) is 0 Å². The number of amides is 11. The van der Waals surface area contributed by atoms with E-state index < -0.39 is 150 Å². The molecule has 12 atom stereocenters. The molecule has 0 aliphatic carbocycles. The van der Waals surface area contributed by atoms with Gasteiger partial charge in [-0.3, -0.25) is 52.7 Å². The number of ether oxygens (including phenoxy) is 1. The predicted molar refractivity (Wildman–Crippen MR) is 346 cm³/mol. The van der Waals surface area contributed by atoms with Gasteiger partial charge in [-0.05, 0) is 107 Å². The Morgan fingerprint density at radius 3 is 1.38 bits per heavy atom. The number of allylic oxidation sites excluding steroid dienone is 2. The molecule has 1 heterocycles. The lowest BCUT2D eigenvalue weighted by Crippen LogP contribution is -2.64. The topological polar surface area (TPSA) is 268 Å². The van der Waals surface area contributed by atoms with Crippen molar-refractivity contribution < 1.29 is 57.5 Å². The molecule has 0 aromatic heterocycles. The quantitative estimate of drug-likeness (QED) is 0.108. The highest BCUT2D eigenvalue weighted by atomic mass is 32.2. The number of likely N-dealkylation sites (N-methyl/N-ethyl adjacent to an activating group) is 7. The molecule has 0 aromatic rings. The molecule has 24 heteroatoms. The second-order valence-electron chi connectivity index (χ2n) is 26.6. The Morgan fingerprint density at radius 2 is 0.920 bits per heavy atom. The van der Waals surface area contributed by atoms with Crippen molar-refractivity contribution in [1.82, 2.24) is 55.6 Å². The molecule has 1 aliphatic rings. The summed E-state index contributed by atoms with van der Waals surface area (Å²) < 4.78 is 6.47. The highest BCUT2D eigenvalue weighted by Gasteiger charge is 2.46. The maximum atomic E-state index is 15.5. The van der Waals surface area contributed by atoms with E-state index in [0.29, 0.717) is 6.42 Å². The SMILES string of the molecule is C/C=C/C[C@@H](C)C(OCSC)[C@H]1C(=O)N[C@@H](CC)C(=O)N(C)CC(=O)N(C)[C@@H](CC(C)C)C(=O)N[C@@H](C(C)C)C(=O)N(C)[C@@H](CC(C)C)C(=O)N[C@@H](C)C(=O)N[C@H](C)C(=O)N(C)[C@@H](CC(C)C)C(=O)N(C)[C@@H](CC(C)C)C(=O)N(C)[C@@H](C(C)C)C(=O)N1C. The van der Waals surface area contributed by atoms with Gasteiger partial charge < -0.3 is 60.3 Å². The third kappa shape index (κ3) is 22.9. The van der Waals surface area contributed by atoms with E-state index in [-0.39, 0.29) is 67.6 Å². The van der Waals surface area contributed by atoms with Crippen LogP contribution in [0, 0.1) is 41.4 Å². The minimum Gasteiger partial charge on any atom is -0.365 e. The second-order valence-corrected chi connectivity index (χ2v) is 27.5. The highest BCUT2D eigenvalue weighted by Crippen LogP contribution is 2.27. The monoisotopic (exact) mass is 1260 g/mol. The number of carbonyl (C=O) groups excluding carboxylic acids is 11. The normalized spacial score (nSPS) is 26.4. The smallest absolute Gasteiger partial charge is 0.246 e. The largest absolute Gasteiger partial charge is 0.365 e. The van der Waals surface area contributed by atoms with Gasteiger partial charge in [0.15, 0.2) is 0 Å². The van der Waals surface area contributed by atoms with Gasteiger partial charge in [0.05, 0.1) is 18.6 Å². The molecular formula is C64H115N11O12S. The molecule has 88 heavy (non-hydrogen) atoms. The molecule has 0 spiro atoms. The van der Waals surface area contributed by atoms with Gasteiger partial charge in [0.2, 0.25) is 65.0 Å². The van der Waals surface area contributed by atoms with Gasteiger partial charge in [0.1, 0.15) is 60.4 Å². The summed E-state index contributed by atoms with van der Waals surface area (Å²) in [6, 6.07) is -11.9. The average Bonchev–Trinajstić information content (AvgIpc) is 2.03. The number of thioether (sulfide) groups is 1. The van der Waals surface area contributed by atoms with Crippen molar-refractivity contribution in [2.24, 2.45) is 41.4 Å². The Bertz CT molecular complexity index is 2390. The Hall–Kier alpha value is -5.78. The maximum Gasteiger partial charge on any atom is 0.246 e. The van der Waals surface area contributed by atoms with Crippen molar-refractivity contribution in [3.05, 3.63) is 12.2 Å². The number of rotatable bonds is 18. The van der Waals surface area contributed by atoms with E-state index in [9.17, 15) is 33.6 Å². The van der Waals surface area contributed by atoms with Crippen LogP contribution in [0.2, 0.25) is 0 Å². The summed E-state index contributed by atoms with van der Waals surface area (Å²) in [7, 11) is 10.2. The third-order valence-electron chi connectivity index (χ3n) is 16.4. The first kappa shape index (κ1) is 80.2. The Balaban J connectivity index is 4.42. The van der Waals surface area contributed by atoms with Gasteiger partial charge in [-0.25, -0.2) is 0 Å². The lowest BCUT2D eigenvalue weighted by molar-refractivity contribution is -0.158. The summed E-state index contributed by atoms with van der Waals surface area (Å²) in [4.78, 5) is 171. The van der Waals surface area contributed by atoms with Crippen LogP contribution in [0.4, 0.5) is 0 Å². The first-order chi connectivity index (χ1) is 40.7. The van der Waals surface area contributed by atoms with Gasteiger partial charge in [-0.1, -0.05) is 109 Å². The highest BCUT2D eigenvalue weighted by molar-refractivity contribution is 7.98. The number of nitrogens with one attached hydrogen (secondary N) is 4. The molecule has 23 nitrogen and oxygen atoms in total. The summed E-state index contributed by atoms with van der Waals surface area (Å²) >= 11 is 1.37. The van der Waals surface area contributed by atoms with E-state index in [1.807, 2.05) is 87.6 Å². The van der Waals surface area contributed by atoms with Gasteiger partial charge in [-0.15, -0.1) is 11.8 Å².